The van der Waals surface area contributed by atoms with E-state index in [1.807, 2.05) is 13.8 Å². The Balaban J connectivity index is 2.09. The zero-order valence-electron chi connectivity index (χ0n) is 13.8. The monoisotopic (exact) mass is 340 g/mol. The Hall–Kier alpha value is -1.28. The molecule has 1 fully saturated rings. The molecule has 0 amide bonds. The van der Waals surface area contributed by atoms with Gasteiger partial charge < -0.3 is 4.74 Å². The van der Waals surface area contributed by atoms with Crippen LogP contribution in [0.2, 0.25) is 0 Å². The number of carbonyl (C=O) groups excluding carboxylic acids is 1. The number of Topliss-reactive ketones (excluding diaryl/α,β-unsaturated/α-hetero) is 1. The standard InChI is InChI=1S/C16H24N2O4S/c1-13(19)14-5-4-6-15(11-14)23(20,21)17-12-16(2,3)18-7-9-22-10-8-18/h4-6,11,17H,7-10,12H2,1-3H3. The number of sulfonamides is 1. The number of carbonyl (C=O) groups is 1. The Morgan fingerprint density at radius 2 is 1.96 bits per heavy atom. The third-order valence-corrected chi connectivity index (χ3v) is 5.51. The van der Waals surface area contributed by atoms with Crippen LogP contribution in [0.15, 0.2) is 29.2 Å². The van der Waals surface area contributed by atoms with Gasteiger partial charge in [0.25, 0.3) is 0 Å². The fourth-order valence-corrected chi connectivity index (χ4v) is 3.77. The third kappa shape index (κ3) is 4.60. The highest BCUT2D eigenvalue weighted by atomic mass is 32.2. The molecule has 1 aromatic carbocycles. The van der Waals surface area contributed by atoms with E-state index in [4.69, 9.17) is 4.74 Å². The minimum atomic E-state index is -3.65. The van der Waals surface area contributed by atoms with Crippen molar-refractivity contribution in [2.24, 2.45) is 0 Å². The van der Waals surface area contributed by atoms with E-state index in [0.717, 1.165) is 13.1 Å². The van der Waals surface area contributed by atoms with Gasteiger partial charge in [0.05, 0.1) is 18.1 Å². The van der Waals surface area contributed by atoms with Gasteiger partial charge in [0.1, 0.15) is 0 Å². The van der Waals surface area contributed by atoms with Crippen molar-refractivity contribution in [1.29, 1.82) is 0 Å². The highest BCUT2D eigenvalue weighted by Gasteiger charge is 2.30. The van der Waals surface area contributed by atoms with E-state index >= 15 is 0 Å². The average molecular weight is 340 g/mol. The SMILES string of the molecule is CC(=O)c1cccc(S(=O)(=O)NCC(C)(C)N2CCOCC2)c1. The van der Waals surface area contributed by atoms with E-state index in [-0.39, 0.29) is 16.2 Å². The molecule has 0 atom stereocenters. The molecule has 0 saturated carbocycles. The van der Waals surface area contributed by atoms with Crippen molar-refractivity contribution >= 4 is 15.8 Å². The summed E-state index contributed by atoms with van der Waals surface area (Å²) in [5.41, 5.74) is 0.0787. The Bertz CT molecular complexity index is 664. The molecule has 128 valence electrons. The highest BCUT2D eigenvalue weighted by molar-refractivity contribution is 7.89. The lowest BCUT2D eigenvalue weighted by atomic mass is 10.0. The fraction of sp³-hybridized carbons (Fsp3) is 0.562. The van der Waals surface area contributed by atoms with E-state index in [1.54, 1.807) is 12.1 Å². The molecule has 0 aromatic heterocycles. The van der Waals surface area contributed by atoms with Crippen LogP contribution in [-0.4, -0.2) is 57.5 Å². The molecule has 1 aliphatic heterocycles. The molecule has 2 rings (SSSR count). The number of nitrogens with one attached hydrogen (secondary N) is 1. The molecule has 1 saturated heterocycles. The van der Waals surface area contributed by atoms with Gasteiger partial charge in [0, 0.05) is 30.7 Å². The number of ketones is 1. The molecule has 0 bridgehead atoms. The summed E-state index contributed by atoms with van der Waals surface area (Å²) in [7, 11) is -3.65. The van der Waals surface area contributed by atoms with Crippen LogP contribution in [0.1, 0.15) is 31.1 Å². The van der Waals surface area contributed by atoms with E-state index in [0.29, 0.717) is 25.3 Å². The quantitative estimate of drug-likeness (QED) is 0.790. The maximum absolute atomic E-state index is 12.5. The van der Waals surface area contributed by atoms with Gasteiger partial charge in [-0.2, -0.15) is 0 Å². The topological polar surface area (TPSA) is 75.7 Å². The van der Waals surface area contributed by atoms with Gasteiger partial charge in [-0.05, 0) is 32.9 Å². The second kappa shape index (κ2) is 7.09. The van der Waals surface area contributed by atoms with Crippen molar-refractivity contribution in [3.8, 4) is 0 Å². The van der Waals surface area contributed by atoms with Crippen molar-refractivity contribution in [3.05, 3.63) is 29.8 Å². The molecule has 7 heteroatoms. The number of benzene rings is 1. The largest absolute Gasteiger partial charge is 0.379 e. The van der Waals surface area contributed by atoms with E-state index in [2.05, 4.69) is 9.62 Å². The zero-order chi connectivity index (χ0) is 17.1. The Morgan fingerprint density at radius 1 is 1.30 bits per heavy atom. The number of nitrogens with zero attached hydrogens (tertiary/aromatic N) is 1. The van der Waals surface area contributed by atoms with Crippen LogP contribution in [0.5, 0.6) is 0 Å². The third-order valence-electron chi connectivity index (χ3n) is 4.11. The van der Waals surface area contributed by atoms with Gasteiger partial charge in [-0.3, -0.25) is 9.69 Å². The number of ether oxygens (including phenoxy) is 1. The molecular formula is C16H24N2O4S. The second-order valence-corrected chi connectivity index (χ2v) is 8.09. The molecule has 1 N–H and O–H groups in total. The van der Waals surface area contributed by atoms with Gasteiger partial charge in [-0.25, -0.2) is 13.1 Å². The summed E-state index contributed by atoms with van der Waals surface area (Å²) in [6, 6.07) is 6.10. The van der Waals surface area contributed by atoms with Gasteiger partial charge in [0.15, 0.2) is 5.78 Å². The lowest BCUT2D eigenvalue weighted by Gasteiger charge is -2.40. The summed E-state index contributed by atoms with van der Waals surface area (Å²) >= 11 is 0. The summed E-state index contributed by atoms with van der Waals surface area (Å²) < 4.78 is 32.9. The summed E-state index contributed by atoms with van der Waals surface area (Å²) in [6.45, 7) is 8.62. The highest BCUT2D eigenvalue weighted by Crippen LogP contribution is 2.17. The van der Waals surface area contributed by atoms with Crippen molar-refractivity contribution in [2.75, 3.05) is 32.8 Å². The van der Waals surface area contributed by atoms with Gasteiger partial charge in [-0.15, -0.1) is 0 Å². The van der Waals surface area contributed by atoms with Crippen molar-refractivity contribution in [3.63, 3.8) is 0 Å². The average Bonchev–Trinajstić information content (AvgIpc) is 2.54. The first-order valence-electron chi connectivity index (χ1n) is 7.66. The molecule has 0 spiro atoms. The van der Waals surface area contributed by atoms with Crippen molar-refractivity contribution in [1.82, 2.24) is 9.62 Å². The van der Waals surface area contributed by atoms with Crippen LogP contribution in [0.4, 0.5) is 0 Å². The summed E-state index contributed by atoms with van der Waals surface area (Å²) in [6.07, 6.45) is 0. The predicted molar refractivity (Wildman–Crippen MR) is 88.1 cm³/mol. The molecule has 1 heterocycles. The summed E-state index contributed by atoms with van der Waals surface area (Å²) in [4.78, 5) is 13.7. The lowest BCUT2D eigenvalue weighted by Crippen LogP contribution is -2.55. The van der Waals surface area contributed by atoms with Crippen LogP contribution in [0, 0.1) is 0 Å². The zero-order valence-corrected chi connectivity index (χ0v) is 14.6. The molecule has 0 aliphatic carbocycles. The van der Waals surface area contributed by atoms with Gasteiger partial charge >= 0.3 is 0 Å². The van der Waals surface area contributed by atoms with Gasteiger partial charge in [0.2, 0.25) is 10.0 Å². The number of morpholine rings is 1. The lowest BCUT2D eigenvalue weighted by molar-refractivity contribution is -0.00803. The maximum Gasteiger partial charge on any atom is 0.240 e. The summed E-state index contributed by atoms with van der Waals surface area (Å²) in [5, 5.41) is 0. The molecule has 0 radical (unpaired) electrons. The number of hydrogen-bond acceptors (Lipinski definition) is 5. The Morgan fingerprint density at radius 3 is 2.57 bits per heavy atom. The minimum absolute atomic E-state index is 0.114. The first-order valence-corrected chi connectivity index (χ1v) is 9.14. The Labute approximate surface area is 137 Å². The van der Waals surface area contributed by atoms with Gasteiger partial charge in [-0.1, -0.05) is 12.1 Å². The predicted octanol–water partition coefficient (Wildman–Crippen LogP) is 1.28. The number of rotatable bonds is 6. The molecule has 1 aliphatic rings. The molecule has 23 heavy (non-hydrogen) atoms. The van der Waals surface area contributed by atoms with E-state index in [9.17, 15) is 13.2 Å². The minimum Gasteiger partial charge on any atom is -0.379 e. The number of hydrogen-bond donors (Lipinski definition) is 1. The van der Waals surface area contributed by atoms with Crippen LogP contribution < -0.4 is 4.72 Å². The van der Waals surface area contributed by atoms with Crippen LogP contribution in [0.3, 0.4) is 0 Å². The fourth-order valence-electron chi connectivity index (χ4n) is 2.52. The summed E-state index contributed by atoms with van der Waals surface area (Å²) in [5.74, 6) is -0.157. The Kier molecular flexibility index (Phi) is 5.57. The molecular weight excluding hydrogens is 316 g/mol. The van der Waals surface area contributed by atoms with Crippen LogP contribution in [0.25, 0.3) is 0 Å². The molecule has 1 aromatic rings. The van der Waals surface area contributed by atoms with E-state index in [1.165, 1.54) is 19.1 Å². The van der Waals surface area contributed by atoms with Crippen molar-refractivity contribution < 1.29 is 17.9 Å². The first kappa shape index (κ1) is 18.1. The van der Waals surface area contributed by atoms with Crippen LogP contribution >= 0.6 is 0 Å². The van der Waals surface area contributed by atoms with Crippen LogP contribution in [-0.2, 0) is 14.8 Å². The smallest absolute Gasteiger partial charge is 0.240 e. The second-order valence-electron chi connectivity index (χ2n) is 6.32. The van der Waals surface area contributed by atoms with E-state index < -0.39 is 10.0 Å². The first-order chi connectivity index (χ1) is 10.7. The molecule has 0 unspecified atom stereocenters. The molecule has 6 nitrogen and oxygen atoms in total. The normalized spacial score (nSPS) is 17.2. The van der Waals surface area contributed by atoms with Crippen molar-refractivity contribution in [2.45, 2.75) is 31.2 Å². The maximum atomic E-state index is 12.5.